The van der Waals surface area contributed by atoms with E-state index >= 15 is 0 Å². The smallest absolute Gasteiger partial charge is 0.475 e. The van der Waals surface area contributed by atoms with Crippen molar-refractivity contribution in [3.8, 4) is 11.4 Å². The predicted molar refractivity (Wildman–Crippen MR) is 108 cm³/mol. The van der Waals surface area contributed by atoms with Gasteiger partial charge in [-0.05, 0) is 37.0 Å². The van der Waals surface area contributed by atoms with E-state index in [4.69, 9.17) is 20.6 Å². The zero-order chi connectivity index (χ0) is 23.5. The van der Waals surface area contributed by atoms with Gasteiger partial charge in [-0.25, -0.2) is 14.8 Å². The minimum atomic E-state index is -5.08. The number of anilines is 2. The lowest BCUT2D eigenvalue weighted by Crippen LogP contribution is -2.21. The van der Waals surface area contributed by atoms with Crippen molar-refractivity contribution in [1.82, 2.24) is 19.7 Å². The molecular weight excluding hydrogens is 429 g/mol. The Morgan fingerprint density at radius 2 is 1.84 bits per heavy atom. The molecule has 0 atom stereocenters. The fourth-order valence-electron chi connectivity index (χ4n) is 3.26. The lowest BCUT2D eigenvalue weighted by molar-refractivity contribution is -0.192. The van der Waals surface area contributed by atoms with Gasteiger partial charge >= 0.3 is 12.1 Å². The molecule has 0 fully saturated rings. The molecule has 9 nitrogen and oxygen atoms in total. The van der Waals surface area contributed by atoms with E-state index in [9.17, 15) is 18.0 Å². The molecule has 0 radical (unpaired) electrons. The molecule has 1 aromatic carbocycles. The summed E-state index contributed by atoms with van der Waals surface area (Å²) in [7, 11) is 1.81. The first-order valence-electron chi connectivity index (χ1n) is 9.42. The summed E-state index contributed by atoms with van der Waals surface area (Å²) in [5, 5.41) is 14.6. The van der Waals surface area contributed by atoms with E-state index in [0.29, 0.717) is 11.6 Å². The maximum atomic E-state index is 11.7. The molecule has 32 heavy (non-hydrogen) atoms. The highest BCUT2D eigenvalue weighted by molar-refractivity contribution is 5.94. The number of aryl methyl sites for hydroxylation is 2. The fourth-order valence-corrected chi connectivity index (χ4v) is 3.26. The van der Waals surface area contributed by atoms with Crippen LogP contribution in [-0.4, -0.2) is 42.9 Å². The van der Waals surface area contributed by atoms with Crippen molar-refractivity contribution in [3.63, 3.8) is 0 Å². The van der Waals surface area contributed by atoms with Crippen molar-refractivity contribution in [2.24, 2.45) is 12.8 Å². The van der Waals surface area contributed by atoms with E-state index in [2.05, 4.69) is 15.4 Å². The third-order valence-corrected chi connectivity index (χ3v) is 4.61. The molecule has 0 bridgehead atoms. The standard InChI is InChI=1S/C18H18N6O.C2HF3O2/c1-24-16-13(15(23-24)17(19)25)9-5-6-11-10-20-18(22-14(11)16)21-12-7-3-2-4-8-12;3-2(4,5)1(6)7/h2-4,7-8,10H,5-6,9H2,1H3,(H2,19,25)(H,20,21,22);(H,6,7). The van der Waals surface area contributed by atoms with Crippen LogP contribution in [0, 0.1) is 0 Å². The molecule has 12 heteroatoms. The molecule has 0 aliphatic heterocycles. The van der Waals surface area contributed by atoms with E-state index < -0.39 is 18.1 Å². The minimum absolute atomic E-state index is 0.335. The first kappa shape index (κ1) is 22.7. The van der Waals surface area contributed by atoms with Crippen molar-refractivity contribution in [3.05, 3.63) is 53.3 Å². The molecule has 3 aromatic rings. The van der Waals surface area contributed by atoms with Gasteiger partial charge in [-0.3, -0.25) is 9.48 Å². The van der Waals surface area contributed by atoms with Crippen LogP contribution in [0.25, 0.3) is 11.4 Å². The highest BCUT2D eigenvalue weighted by atomic mass is 19.4. The number of nitrogens with zero attached hydrogens (tertiary/aromatic N) is 4. The second-order valence-corrected chi connectivity index (χ2v) is 6.88. The van der Waals surface area contributed by atoms with Crippen molar-refractivity contribution < 1.29 is 27.9 Å². The van der Waals surface area contributed by atoms with Crippen LogP contribution in [0.3, 0.4) is 0 Å². The number of carbonyl (C=O) groups excluding carboxylic acids is 1. The Morgan fingerprint density at radius 3 is 2.44 bits per heavy atom. The quantitative estimate of drug-likeness (QED) is 0.560. The molecule has 2 heterocycles. The molecular formula is C20H19F3N6O3. The van der Waals surface area contributed by atoms with Gasteiger partial charge < -0.3 is 16.2 Å². The molecule has 4 rings (SSSR count). The summed E-state index contributed by atoms with van der Waals surface area (Å²) >= 11 is 0. The van der Waals surface area contributed by atoms with Gasteiger partial charge in [0, 0.05) is 24.5 Å². The number of para-hydroxylation sites is 1. The maximum Gasteiger partial charge on any atom is 0.490 e. The van der Waals surface area contributed by atoms with E-state index in [1.807, 2.05) is 43.6 Å². The van der Waals surface area contributed by atoms with Crippen molar-refractivity contribution in [2.45, 2.75) is 25.4 Å². The number of carboxylic acid groups (broad SMARTS) is 1. The Balaban J connectivity index is 0.000000360. The summed E-state index contributed by atoms with van der Waals surface area (Å²) in [5.74, 6) is -2.75. The van der Waals surface area contributed by atoms with Gasteiger partial charge in [0.25, 0.3) is 5.91 Å². The number of carbonyl (C=O) groups is 2. The zero-order valence-electron chi connectivity index (χ0n) is 16.8. The van der Waals surface area contributed by atoms with E-state index in [0.717, 1.165) is 47.5 Å². The number of carboxylic acids is 1. The van der Waals surface area contributed by atoms with Gasteiger partial charge in [-0.15, -0.1) is 0 Å². The minimum Gasteiger partial charge on any atom is -0.475 e. The van der Waals surface area contributed by atoms with Gasteiger partial charge in [0.1, 0.15) is 0 Å². The number of nitrogens with two attached hydrogens (primary N) is 1. The van der Waals surface area contributed by atoms with Gasteiger partial charge in [0.05, 0.1) is 11.4 Å². The predicted octanol–water partition coefficient (Wildman–Crippen LogP) is 2.84. The second-order valence-electron chi connectivity index (χ2n) is 6.88. The first-order chi connectivity index (χ1) is 15.1. The number of amides is 1. The molecule has 4 N–H and O–H groups in total. The number of aliphatic carboxylic acids is 1. The Kier molecular flexibility index (Phi) is 6.42. The lowest BCUT2D eigenvalue weighted by Gasteiger charge is -2.10. The van der Waals surface area contributed by atoms with Gasteiger partial charge in [0.15, 0.2) is 5.69 Å². The van der Waals surface area contributed by atoms with Crippen LogP contribution in [0.15, 0.2) is 36.5 Å². The van der Waals surface area contributed by atoms with Gasteiger partial charge in [-0.1, -0.05) is 18.2 Å². The molecule has 1 aliphatic carbocycles. The van der Waals surface area contributed by atoms with Crippen LogP contribution >= 0.6 is 0 Å². The van der Waals surface area contributed by atoms with Crippen LogP contribution in [0.5, 0.6) is 0 Å². The van der Waals surface area contributed by atoms with Crippen molar-refractivity contribution in [1.29, 1.82) is 0 Å². The fraction of sp³-hybridized carbons (Fsp3) is 0.250. The SMILES string of the molecule is Cn1nc(C(N)=O)c2c1-c1nc(Nc3ccccc3)ncc1CCC2.O=C(O)C(F)(F)F. The Morgan fingerprint density at radius 1 is 1.19 bits per heavy atom. The van der Waals surface area contributed by atoms with Crippen LogP contribution in [0.2, 0.25) is 0 Å². The first-order valence-corrected chi connectivity index (χ1v) is 9.42. The number of hydrogen-bond acceptors (Lipinski definition) is 6. The second kappa shape index (κ2) is 9.04. The van der Waals surface area contributed by atoms with Crippen LogP contribution in [0.1, 0.15) is 28.0 Å². The molecule has 1 amide bonds. The summed E-state index contributed by atoms with van der Waals surface area (Å²) in [6, 6.07) is 9.76. The number of primary amides is 1. The molecule has 1 aliphatic rings. The largest absolute Gasteiger partial charge is 0.490 e. The van der Waals surface area contributed by atoms with E-state index in [1.54, 1.807) is 4.68 Å². The highest BCUT2D eigenvalue weighted by Crippen LogP contribution is 2.33. The molecule has 2 aromatic heterocycles. The van der Waals surface area contributed by atoms with Gasteiger partial charge in [0.2, 0.25) is 5.95 Å². The third-order valence-electron chi connectivity index (χ3n) is 4.61. The molecule has 0 spiro atoms. The molecule has 168 valence electrons. The van der Waals surface area contributed by atoms with Crippen LogP contribution < -0.4 is 11.1 Å². The van der Waals surface area contributed by atoms with Crippen molar-refractivity contribution in [2.75, 3.05) is 5.32 Å². The number of hydrogen-bond donors (Lipinski definition) is 3. The van der Waals surface area contributed by atoms with Crippen LogP contribution in [0.4, 0.5) is 24.8 Å². The molecule has 0 unspecified atom stereocenters. The Bertz CT molecular complexity index is 1150. The third kappa shape index (κ3) is 5.02. The summed E-state index contributed by atoms with van der Waals surface area (Å²) in [6.07, 6.45) is -0.729. The summed E-state index contributed by atoms with van der Waals surface area (Å²) in [6.45, 7) is 0. The Hall–Kier alpha value is -3.96. The topological polar surface area (TPSA) is 136 Å². The number of halogens is 3. The number of aromatic nitrogens is 4. The summed E-state index contributed by atoms with van der Waals surface area (Å²) in [5.41, 5.74) is 10.3. The average molecular weight is 448 g/mol. The number of nitrogens with one attached hydrogen (secondary N) is 1. The summed E-state index contributed by atoms with van der Waals surface area (Å²) < 4.78 is 33.4. The summed E-state index contributed by atoms with van der Waals surface area (Å²) in [4.78, 5) is 29.8. The van der Waals surface area contributed by atoms with E-state index in [1.165, 1.54) is 0 Å². The number of fused-ring (bicyclic) bond motifs is 3. The molecule has 0 saturated carbocycles. The molecule has 0 saturated heterocycles. The number of rotatable bonds is 3. The highest BCUT2D eigenvalue weighted by Gasteiger charge is 2.38. The maximum absolute atomic E-state index is 11.7. The number of alkyl halides is 3. The lowest BCUT2D eigenvalue weighted by atomic mass is 10.1. The van der Waals surface area contributed by atoms with E-state index in [-0.39, 0.29) is 0 Å². The zero-order valence-corrected chi connectivity index (χ0v) is 16.8. The van der Waals surface area contributed by atoms with Gasteiger partial charge in [-0.2, -0.15) is 18.3 Å². The normalized spacial score (nSPS) is 12.5. The average Bonchev–Trinajstić information content (AvgIpc) is 2.94. The number of benzene rings is 1. The monoisotopic (exact) mass is 448 g/mol. The van der Waals surface area contributed by atoms with Crippen LogP contribution in [-0.2, 0) is 24.7 Å². The van der Waals surface area contributed by atoms with Crippen molar-refractivity contribution >= 4 is 23.5 Å². The Labute approximate surface area is 180 Å².